The van der Waals surface area contributed by atoms with Gasteiger partial charge in [0.05, 0.1) is 17.6 Å². The molecular weight excluding hydrogens is 422 g/mol. The van der Waals surface area contributed by atoms with Crippen molar-refractivity contribution in [1.82, 2.24) is 14.5 Å². The zero-order valence-electron chi connectivity index (χ0n) is 17.9. The highest BCUT2D eigenvalue weighted by molar-refractivity contribution is 7.09. The van der Waals surface area contributed by atoms with Crippen LogP contribution in [0.4, 0.5) is 0 Å². The van der Waals surface area contributed by atoms with Crippen molar-refractivity contribution in [2.75, 3.05) is 6.54 Å². The Balaban J connectivity index is 1.54. The van der Waals surface area contributed by atoms with Crippen LogP contribution >= 0.6 is 11.3 Å². The summed E-state index contributed by atoms with van der Waals surface area (Å²) in [6, 6.07) is 19.2. The number of carbonyl (C=O) groups is 1. The second-order valence-electron chi connectivity index (χ2n) is 7.75. The van der Waals surface area contributed by atoms with E-state index in [2.05, 4.69) is 5.32 Å². The molecule has 0 saturated heterocycles. The molecule has 0 spiro atoms. The molecule has 7 heteroatoms. The Morgan fingerprint density at radius 2 is 1.59 bits per heavy atom. The summed E-state index contributed by atoms with van der Waals surface area (Å²) in [5.41, 5.74) is 2.22. The molecule has 6 nitrogen and oxygen atoms in total. The Bertz CT molecular complexity index is 1340. The lowest BCUT2D eigenvalue weighted by Gasteiger charge is -2.15. The number of rotatable bonds is 8. The third-order valence-corrected chi connectivity index (χ3v) is 6.37. The zero-order valence-corrected chi connectivity index (χ0v) is 18.7. The number of carbonyl (C=O) groups excluding carboxylic acids is 1. The number of nitrogens with zero attached hydrogens (tertiary/aromatic N) is 2. The van der Waals surface area contributed by atoms with Gasteiger partial charge < -0.3 is 9.88 Å². The number of hydrogen-bond donors (Lipinski definition) is 1. The predicted molar refractivity (Wildman–Crippen MR) is 128 cm³/mol. The lowest BCUT2D eigenvalue weighted by Crippen LogP contribution is -2.42. The van der Waals surface area contributed by atoms with Crippen molar-refractivity contribution in [3.05, 3.63) is 103 Å². The third-order valence-electron chi connectivity index (χ3n) is 5.43. The number of fused-ring (bicyclic) bond motifs is 1. The van der Waals surface area contributed by atoms with Gasteiger partial charge in [-0.1, -0.05) is 48.0 Å². The zero-order chi connectivity index (χ0) is 22.5. The fourth-order valence-corrected chi connectivity index (χ4v) is 4.42. The van der Waals surface area contributed by atoms with Crippen LogP contribution in [0, 0.1) is 6.92 Å². The minimum Gasteiger partial charge on any atom is -0.356 e. The largest absolute Gasteiger partial charge is 0.356 e. The van der Waals surface area contributed by atoms with E-state index in [0.717, 1.165) is 17.5 Å². The van der Waals surface area contributed by atoms with Crippen LogP contribution in [0.1, 0.15) is 22.4 Å². The molecule has 4 rings (SSSR count). The van der Waals surface area contributed by atoms with E-state index in [9.17, 15) is 14.4 Å². The molecule has 0 saturated carbocycles. The van der Waals surface area contributed by atoms with Crippen molar-refractivity contribution >= 4 is 28.3 Å². The Labute approximate surface area is 189 Å². The molecule has 0 unspecified atom stereocenters. The van der Waals surface area contributed by atoms with Crippen molar-refractivity contribution in [3.8, 4) is 0 Å². The van der Waals surface area contributed by atoms with Gasteiger partial charge in [0.1, 0.15) is 0 Å². The van der Waals surface area contributed by atoms with E-state index in [1.807, 2.05) is 73.0 Å². The molecule has 0 aliphatic heterocycles. The average molecular weight is 448 g/mol. The van der Waals surface area contributed by atoms with Gasteiger partial charge in [-0.15, -0.1) is 11.3 Å². The van der Waals surface area contributed by atoms with Crippen LogP contribution in [0.5, 0.6) is 0 Å². The quantitative estimate of drug-likeness (QED) is 0.421. The highest BCUT2D eigenvalue weighted by atomic mass is 32.1. The molecule has 2 heterocycles. The van der Waals surface area contributed by atoms with Crippen LogP contribution in [-0.2, 0) is 24.3 Å². The van der Waals surface area contributed by atoms with E-state index in [1.165, 1.54) is 14.0 Å². The van der Waals surface area contributed by atoms with Crippen LogP contribution < -0.4 is 16.4 Å². The van der Waals surface area contributed by atoms with Gasteiger partial charge in [-0.25, -0.2) is 0 Å². The maximum absolute atomic E-state index is 13.0. The van der Waals surface area contributed by atoms with E-state index in [-0.39, 0.29) is 18.9 Å². The first kappa shape index (κ1) is 21.8. The third kappa shape index (κ3) is 4.89. The van der Waals surface area contributed by atoms with Gasteiger partial charge in [-0.05, 0) is 42.5 Å². The van der Waals surface area contributed by atoms with E-state index >= 15 is 0 Å². The fraction of sp³-hybridized carbons (Fsp3) is 0.240. The second kappa shape index (κ2) is 9.78. The van der Waals surface area contributed by atoms with Gasteiger partial charge >= 0.3 is 11.1 Å². The fourth-order valence-electron chi connectivity index (χ4n) is 3.71. The van der Waals surface area contributed by atoms with E-state index < -0.39 is 11.1 Å². The summed E-state index contributed by atoms with van der Waals surface area (Å²) in [5.74, 6) is -0.138. The normalized spacial score (nSPS) is 11.0. The van der Waals surface area contributed by atoms with Gasteiger partial charge in [-0.2, -0.15) is 0 Å². The summed E-state index contributed by atoms with van der Waals surface area (Å²) in [4.78, 5) is 39.4. The second-order valence-corrected chi connectivity index (χ2v) is 8.78. The maximum atomic E-state index is 13.0. The molecule has 2 aromatic heterocycles. The van der Waals surface area contributed by atoms with Gasteiger partial charge in [-0.3, -0.25) is 19.0 Å². The molecule has 164 valence electrons. The molecule has 4 aromatic rings. The average Bonchev–Trinajstić information content (AvgIpc) is 3.31. The van der Waals surface area contributed by atoms with Crippen LogP contribution in [-0.4, -0.2) is 21.6 Å². The van der Waals surface area contributed by atoms with Crippen LogP contribution in [0.15, 0.2) is 75.6 Å². The predicted octanol–water partition coefficient (Wildman–Crippen LogP) is 3.33. The standard InChI is InChI=1S/C25H25N3O3S/c1-18-8-10-19(11-9-18)17-28-22-7-3-2-6-21(22)27(24(30)25(28)31)15-13-23(29)26-14-12-20-5-4-16-32-20/h2-11,16H,12-15,17H2,1H3,(H,26,29). The molecule has 0 aliphatic rings. The van der Waals surface area contributed by atoms with Crippen molar-refractivity contribution < 1.29 is 4.79 Å². The first-order valence-electron chi connectivity index (χ1n) is 10.6. The highest BCUT2D eigenvalue weighted by Gasteiger charge is 2.14. The minimum atomic E-state index is -0.609. The Kier molecular flexibility index (Phi) is 6.66. The van der Waals surface area contributed by atoms with Gasteiger partial charge in [0.15, 0.2) is 0 Å². The van der Waals surface area contributed by atoms with Crippen LogP contribution in [0.2, 0.25) is 0 Å². The molecule has 0 aliphatic carbocycles. The van der Waals surface area contributed by atoms with E-state index in [1.54, 1.807) is 11.3 Å². The Morgan fingerprint density at radius 1 is 0.906 bits per heavy atom. The number of hydrogen-bond acceptors (Lipinski definition) is 4. The number of aryl methyl sites for hydroxylation is 2. The summed E-state index contributed by atoms with van der Waals surface area (Å²) in [6.45, 7) is 3.03. The highest BCUT2D eigenvalue weighted by Crippen LogP contribution is 2.13. The molecule has 1 N–H and O–H groups in total. The number of benzene rings is 2. The maximum Gasteiger partial charge on any atom is 0.317 e. The van der Waals surface area contributed by atoms with Crippen molar-refractivity contribution in [3.63, 3.8) is 0 Å². The molecule has 2 aromatic carbocycles. The summed E-state index contributed by atoms with van der Waals surface area (Å²) in [6.07, 6.45) is 0.914. The van der Waals surface area contributed by atoms with Crippen LogP contribution in [0.3, 0.4) is 0 Å². The number of amides is 1. The van der Waals surface area contributed by atoms with Gasteiger partial charge in [0.25, 0.3) is 0 Å². The summed E-state index contributed by atoms with van der Waals surface area (Å²) in [5, 5.41) is 4.90. The van der Waals surface area contributed by atoms with Crippen molar-refractivity contribution in [2.45, 2.75) is 32.9 Å². The van der Waals surface area contributed by atoms with Gasteiger partial charge in [0.2, 0.25) is 5.91 Å². The number of nitrogens with one attached hydrogen (secondary N) is 1. The first-order chi connectivity index (χ1) is 15.5. The Morgan fingerprint density at radius 3 is 2.28 bits per heavy atom. The molecule has 32 heavy (non-hydrogen) atoms. The smallest absolute Gasteiger partial charge is 0.317 e. The van der Waals surface area contributed by atoms with Crippen molar-refractivity contribution in [1.29, 1.82) is 0 Å². The number of aromatic nitrogens is 2. The molecule has 0 radical (unpaired) electrons. The summed E-state index contributed by atoms with van der Waals surface area (Å²) >= 11 is 1.66. The SMILES string of the molecule is Cc1ccc(Cn2c(=O)c(=O)n(CCC(=O)NCCc3cccs3)c3ccccc32)cc1. The van der Waals surface area contributed by atoms with Crippen LogP contribution in [0.25, 0.3) is 11.0 Å². The van der Waals surface area contributed by atoms with Crippen molar-refractivity contribution in [2.24, 2.45) is 0 Å². The molecule has 0 bridgehead atoms. The molecule has 1 amide bonds. The van der Waals surface area contributed by atoms with E-state index in [0.29, 0.717) is 24.1 Å². The number of para-hydroxylation sites is 2. The molecule has 0 fully saturated rings. The summed E-state index contributed by atoms with van der Waals surface area (Å²) in [7, 11) is 0. The minimum absolute atomic E-state index is 0.135. The monoisotopic (exact) mass is 447 g/mol. The topological polar surface area (TPSA) is 73.1 Å². The lowest BCUT2D eigenvalue weighted by molar-refractivity contribution is -0.121. The number of thiophene rings is 1. The lowest BCUT2D eigenvalue weighted by atomic mass is 10.1. The van der Waals surface area contributed by atoms with Gasteiger partial charge in [0, 0.05) is 24.4 Å². The Hall–Kier alpha value is -3.45. The van der Waals surface area contributed by atoms with E-state index in [4.69, 9.17) is 0 Å². The molecular formula is C25H25N3O3S. The molecule has 0 atom stereocenters. The first-order valence-corrected chi connectivity index (χ1v) is 11.5. The summed E-state index contributed by atoms with van der Waals surface area (Å²) < 4.78 is 2.93.